The van der Waals surface area contributed by atoms with E-state index in [2.05, 4.69) is 10.2 Å². The number of nitrogens with zero attached hydrogens (tertiary/aromatic N) is 4. The largest absolute Gasteiger partial charge is 0.416 e. The molecular formula is C23H22N4O2. The van der Waals surface area contributed by atoms with Gasteiger partial charge in [0.2, 0.25) is 11.8 Å². The maximum Gasteiger partial charge on any atom is 0.261 e. The molecule has 0 fully saturated rings. The monoisotopic (exact) mass is 386 g/mol. The number of rotatable bonds is 2. The molecule has 6 nitrogen and oxygen atoms in total. The van der Waals surface area contributed by atoms with Gasteiger partial charge in [-0.05, 0) is 50.1 Å². The Hall–Kier alpha value is -3.28. The lowest BCUT2D eigenvalue weighted by atomic mass is 10.1. The number of fused-ring (bicyclic) bond motifs is 2. The van der Waals surface area contributed by atoms with Crippen molar-refractivity contribution in [3.8, 4) is 22.9 Å². The van der Waals surface area contributed by atoms with Gasteiger partial charge in [0, 0.05) is 24.1 Å². The summed E-state index contributed by atoms with van der Waals surface area (Å²) in [6.45, 7) is 2.79. The van der Waals surface area contributed by atoms with E-state index in [-0.39, 0.29) is 5.56 Å². The molecule has 0 N–H and O–H groups in total. The maximum absolute atomic E-state index is 13.0. The Labute approximate surface area is 168 Å². The molecule has 0 saturated carbocycles. The molecule has 6 heteroatoms. The Bertz CT molecular complexity index is 1240. The van der Waals surface area contributed by atoms with Crippen LogP contribution in [0.25, 0.3) is 33.8 Å². The molecule has 0 amide bonds. The Morgan fingerprint density at radius 3 is 2.45 bits per heavy atom. The summed E-state index contributed by atoms with van der Waals surface area (Å²) in [5, 5.41) is 9.02. The number of aryl methyl sites for hydroxylation is 2. The lowest BCUT2D eigenvalue weighted by Crippen LogP contribution is -2.26. The van der Waals surface area contributed by atoms with Crippen LogP contribution in [0.5, 0.6) is 0 Å². The highest BCUT2D eigenvalue weighted by Crippen LogP contribution is 2.26. The van der Waals surface area contributed by atoms with Gasteiger partial charge in [0.25, 0.3) is 5.56 Å². The molecule has 0 unspecified atom stereocenters. The van der Waals surface area contributed by atoms with Crippen molar-refractivity contribution in [2.24, 2.45) is 0 Å². The van der Waals surface area contributed by atoms with E-state index < -0.39 is 0 Å². The molecule has 0 saturated heterocycles. The molecule has 0 bridgehead atoms. The summed E-state index contributed by atoms with van der Waals surface area (Å²) in [6.07, 6.45) is 5.30. The third-order valence-electron chi connectivity index (χ3n) is 5.54. The molecule has 1 aliphatic rings. The standard InChI is InChI=1S/C23H22N4O2/c1-15-7-9-16(10-8-15)21-25-26-22(29-21)17-11-12-18-19(14-17)24-20-6-4-2-3-5-13-27(20)23(18)28/h7-12,14H,2-6,13H2,1H3. The number of aromatic nitrogens is 4. The van der Waals surface area contributed by atoms with Crippen molar-refractivity contribution in [2.75, 3.05) is 0 Å². The average Bonchev–Trinajstić information content (AvgIpc) is 3.20. The van der Waals surface area contributed by atoms with Gasteiger partial charge in [-0.3, -0.25) is 9.36 Å². The Balaban J connectivity index is 1.55. The Morgan fingerprint density at radius 1 is 0.897 bits per heavy atom. The highest BCUT2D eigenvalue weighted by Gasteiger charge is 2.16. The molecule has 4 aromatic rings. The van der Waals surface area contributed by atoms with Crippen molar-refractivity contribution < 1.29 is 4.42 Å². The molecule has 2 aromatic carbocycles. The van der Waals surface area contributed by atoms with Crippen LogP contribution in [0.3, 0.4) is 0 Å². The van der Waals surface area contributed by atoms with Crippen LogP contribution >= 0.6 is 0 Å². The van der Waals surface area contributed by atoms with Crippen LogP contribution in [-0.4, -0.2) is 19.7 Å². The van der Waals surface area contributed by atoms with E-state index in [0.717, 1.165) is 42.8 Å². The first-order valence-electron chi connectivity index (χ1n) is 10.1. The summed E-state index contributed by atoms with van der Waals surface area (Å²) < 4.78 is 7.74. The molecule has 3 heterocycles. The van der Waals surface area contributed by atoms with Crippen molar-refractivity contribution in [3.05, 3.63) is 64.2 Å². The topological polar surface area (TPSA) is 73.8 Å². The molecular weight excluding hydrogens is 364 g/mol. The summed E-state index contributed by atoms with van der Waals surface area (Å²) in [6, 6.07) is 13.5. The summed E-state index contributed by atoms with van der Waals surface area (Å²) in [5.74, 6) is 1.78. The first kappa shape index (κ1) is 17.8. The molecule has 1 aliphatic heterocycles. The number of hydrogen-bond donors (Lipinski definition) is 0. The van der Waals surface area contributed by atoms with Gasteiger partial charge in [-0.2, -0.15) is 0 Å². The SMILES string of the molecule is Cc1ccc(-c2nnc(-c3ccc4c(=O)n5c(nc4c3)CCCCCC5)o2)cc1. The third kappa shape index (κ3) is 3.35. The van der Waals surface area contributed by atoms with Crippen LogP contribution in [0.15, 0.2) is 51.7 Å². The van der Waals surface area contributed by atoms with E-state index in [4.69, 9.17) is 9.40 Å². The molecule has 5 rings (SSSR count). The highest BCUT2D eigenvalue weighted by atomic mass is 16.4. The minimum atomic E-state index is 0.0457. The molecule has 0 spiro atoms. The van der Waals surface area contributed by atoms with Crippen LogP contribution < -0.4 is 5.56 Å². The molecule has 0 radical (unpaired) electrons. The second kappa shape index (κ2) is 7.28. The molecule has 0 atom stereocenters. The van der Waals surface area contributed by atoms with Gasteiger partial charge in [0.15, 0.2) is 0 Å². The summed E-state index contributed by atoms with van der Waals surface area (Å²) >= 11 is 0. The van der Waals surface area contributed by atoms with Crippen molar-refractivity contribution in [1.82, 2.24) is 19.7 Å². The lowest BCUT2D eigenvalue weighted by Gasteiger charge is -2.16. The van der Waals surface area contributed by atoms with E-state index in [1.807, 2.05) is 54.0 Å². The zero-order chi connectivity index (χ0) is 19.8. The zero-order valence-electron chi connectivity index (χ0n) is 16.4. The smallest absolute Gasteiger partial charge is 0.261 e. The van der Waals surface area contributed by atoms with E-state index >= 15 is 0 Å². The summed E-state index contributed by atoms with van der Waals surface area (Å²) in [5.41, 5.74) is 3.56. The van der Waals surface area contributed by atoms with Crippen LogP contribution in [0.4, 0.5) is 0 Å². The summed E-state index contributed by atoms with van der Waals surface area (Å²) in [4.78, 5) is 17.8. The minimum Gasteiger partial charge on any atom is -0.416 e. The van der Waals surface area contributed by atoms with Gasteiger partial charge in [0.05, 0.1) is 10.9 Å². The Kier molecular flexibility index (Phi) is 4.46. The maximum atomic E-state index is 13.0. The third-order valence-corrected chi connectivity index (χ3v) is 5.54. The first-order chi connectivity index (χ1) is 14.2. The van der Waals surface area contributed by atoms with Gasteiger partial charge in [-0.15, -0.1) is 10.2 Å². The molecule has 0 aliphatic carbocycles. The minimum absolute atomic E-state index is 0.0457. The van der Waals surface area contributed by atoms with Gasteiger partial charge < -0.3 is 4.42 Å². The van der Waals surface area contributed by atoms with Gasteiger partial charge in [0.1, 0.15) is 5.82 Å². The average molecular weight is 386 g/mol. The molecule has 146 valence electrons. The van der Waals surface area contributed by atoms with E-state index in [9.17, 15) is 4.79 Å². The molecule has 2 aromatic heterocycles. The second-order valence-corrected chi connectivity index (χ2v) is 7.66. The predicted octanol–water partition coefficient (Wildman–Crippen LogP) is 4.54. The number of hydrogen-bond acceptors (Lipinski definition) is 5. The predicted molar refractivity (Wildman–Crippen MR) is 112 cm³/mol. The summed E-state index contributed by atoms with van der Waals surface area (Å²) in [7, 11) is 0. The van der Waals surface area contributed by atoms with Gasteiger partial charge in [-0.25, -0.2) is 4.98 Å². The Morgan fingerprint density at radius 2 is 1.62 bits per heavy atom. The van der Waals surface area contributed by atoms with E-state index in [0.29, 0.717) is 22.7 Å². The van der Waals surface area contributed by atoms with Crippen molar-refractivity contribution in [3.63, 3.8) is 0 Å². The fourth-order valence-electron chi connectivity index (χ4n) is 3.88. The zero-order valence-corrected chi connectivity index (χ0v) is 16.4. The highest BCUT2D eigenvalue weighted by molar-refractivity contribution is 5.82. The van der Waals surface area contributed by atoms with Gasteiger partial charge >= 0.3 is 0 Å². The lowest BCUT2D eigenvalue weighted by molar-refractivity contribution is 0.500. The van der Waals surface area contributed by atoms with Gasteiger partial charge in [-0.1, -0.05) is 30.5 Å². The fraction of sp³-hybridized carbons (Fsp3) is 0.304. The van der Waals surface area contributed by atoms with Crippen LogP contribution in [0.2, 0.25) is 0 Å². The van der Waals surface area contributed by atoms with Crippen LogP contribution in [0, 0.1) is 6.92 Å². The van der Waals surface area contributed by atoms with Crippen molar-refractivity contribution >= 4 is 10.9 Å². The van der Waals surface area contributed by atoms with Crippen LogP contribution in [0.1, 0.15) is 37.1 Å². The normalized spacial score (nSPS) is 14.4. The second-order valence-electron chi connectivity index (χ2n) is 7.66. The fourth-order valence-corrected chi connectivity index (χ4v) is 3.88. The number of benzene rings is 2. The first-order valence-corrected chi connectivity index (χ1v) is 10.1. The van der Waals surface area contributed by atoms with Crippen molar-refractivity contribution in [2.45, 2.75) is 45.6 Å². The van der Waals surface area contributed by atoms with E-state index in [1.165, 1.54) is 18.4 Å². The molecule has 29 heavy (non-hydrogen) atoms. The van der Waals surface area contributed by atoms with Crippen LogP contribution in [-0.2, 0) is 13.0 Å². The quantitative estimate of drug-likeness (QED) is 0.506. The van der Waals surface area contributed by atoms with E-state index in [1.54, 1.807) is 0 Å². The van der Waals surface area contributed by atoms with Crippen molar-refractivity contribution in [1.29, 1.82) is 0 Å².